The summed E-state index contributed by atoms with van der Waals surface area (Å²) < 4.78 is 0. The predicted molar refractivity (Wildman–Crippen MR) is 79.3 cm³/mol. The van der Waals surface area contributed by atoms with E-state index in [9.17, 15) is 0 Å². The second-order valence-electron chi connectivity index (χ2n) is 4.23. The molecule has 0 spiro atoms. The number of nitrogens with one attached hydrogen (secondary N) is 1. The van der Waals surface area contributed by atoms with Crippen LogP contribution >= 0.6 is 22.9 Å². The van der Waals surface area contributed by atoms with Gasteiger partial charge in [0.25, 0.3) is 0 Å². The fourth-order valence-electron chi connectivity index (χ4n) is 1.71. The van der Waals surface area contributed by atoms with Crippen LogP contribution in [0.25, 0.3) is 10.6 Å². The Morgan fingerprint density at radius 1 is 1.39 bits per heavy atom. The van der Waals surface area contributed by atoms with Crippen LogP contribution in [-0.2, 0) is 0 Å². The highest BCUT2D eigenvalue weighted by atomic mass is 35.5. The second kappa shape index (κ2) is 6.32. The number of aromatic nitrogens is 1. The first-order chi connectivity index (χ1) is 8.72. The van der Waals surface area contributed by atoms with Gasteiger partial charge in [-0.3, -0.25) is 0 Å². The topological polar surface area (TPSA) is 24.9 Å². The van der Waals surface area contributed by atoms with Crippen molar-refractivity contribution in [3.05, 3.63) is 40.4 Å². The minimum atomic E-state index is 0.289. The zero-order valence-electron chi connectivity index (χ0n) is 10.6. The van der Waals surface area contributed by atoms with Gasteiger partial charge < -0.3 is 5.32 Å². The normalized spacial score (nSPS) is 12.6. The Balaban J connectivity index is 2.18. The molecule has 0 bridgehead atoms. The minimum Gasteiger partial charge on any atom is -0.309 e. The summed E-state index contributed by atoms with van der Waals surface area (Å²) in [5.41, 5.74) is 2.10. The van der Waals surface area contributed by atoms with Gasteiger partial charge in [-0.05, 0) is 26.0 Å². The molecule has 1 unspecified atom stereocenters. The lowest BCUT2D eigenvalue weighted by atomic mass is 10.2. The first-order valence-electron chi connectivity index (χ1n) is 6.16. The highest BCUT2D eigenvalue weighted by molar-refractivity contribution is 7.13. The number of rotatable bonds is 5. The number of nitrogens with zero attached hydrogens (tertiary/aromatic N) is 1. The molecule has 2 aromatic rings. The number of halogens is 1. The van der Waals surface area contributed by atoms with Crippen LogP contribution in [0.1, 0.15) is 32.0 Å². The fraction of sp³-hybridized carbons (Fsp3) is 0.357. The Kier molecular flexibility index (Phi) is 4.75. The van der Waals surface area contributed by atoms with Crippen LogP contribution in [0.2, 0.25) is 5.02 Å². The molecule has 0 radical (unpaired) electrons. The van der Waals surface area contributed by atoms with Crippen LogP contribution in [0.15, 0.2) is 29.6 Å². The van der Waals surface area contributed by atoms with Crippen molar-refractivity contribution in [3.63, 3.8) is 0 Å². The third-order valence-corrected chi connectivity index (χ3v) is 3.99. The predicted octanol–water partition coefficient (Wildman–Crippen LogP) is 4.52. The molecule has 0 aliphatic rings. The van der Waals surface area contributed by atoms with E-state index in [4.69, 9.17) is 11.6 Å². The molecule has 1 atom stereocenters. The highest BCUT2D eigenvalue weighted by Crippen LogP contribution is 2.31. The number of benzene rings is 1. The molecule has 4 heteroatoms. The summed E-state index contributed by atoms with van der Waals surface area (Å²) in [6, 6.07) is 8.12. The maximum Gasteiger partial charge on any atom is 0.125 e. The molecule has 18 heavy (non-hydrogen) atoms. The lowest BCUT2D eigenvalue weighted by molar-refractivity contribution is 0.561. The van der Waals surface area contributed by atoms with E-state index in [0.29, 0.717) is 0 Å². The standard InChI is InChI=1S/C14H17ClN2S/c1-3-8-16-10(2)13-9-18-14(17-13)11-6-4-5-7-12(11)15/h4-7,9-10,16H,3,8H2,1-2H3. The monoisotopic (exact) mass is 280 g/mol. The van der Waals surface area contributed by atoms with Crippen molar-refractivity contribution in [2.24, 2.45) is 0 Å². The van der Waals surface area contributed by atoms with Crippen LogP contribution in [0.3, 0.4) is 0 Å². The number of hydrogen-bond acceptors (Lipinski definition) is 3. The van der Waals surface area contributed by atoms with E-state index in [1.807, 2.05) is 24.3 Å². The zero-order valence-corrected chi connectivity index (χ0v) is 12.2. The van der Waals surface area contributed by atoms with E-state index < -0.39 is 0 Å². The largest absolute Gasteiger partial charge is 0.309 e. The first kappa shape index (κ1) is 13.5. The van der Waals surface area contributed by atoms with Crippen LogP contribution < -0.4 is 5.32 Å². The molecule has 1 N–H and O–H groups in total. The average Bonchev–Trinajstić information content (AvgIpc) is 2.86. The maximum absolute atomic E-state index is 6.18. The van der Waals surface area contributed by atoms with Gasteiger partial charge in [-0.25, -0.2) is 4.98 Å². The highest BCUT2D eigenvalue weighted by Gasteiger charge is 2.11. The zero-order chi connectivity index (χ0) is 13.0. The van der Waals surface area contributed by atoms with Crippen molar-refractivity contribution in [2.45, 2.75) is 26.3 Å². The van der Waals surface area contributed by atoms with Gasteiger partial charge in [-0.2, -0.15) is 0 Å². The Hall–Kier alpha value is -0.900. The van der Waals surface area contributed by atoms with Crippen LogP contribution in [0.5, 0.6) is 0 Å². The van der Waals surface area contributed by atoms with Crippen molar-refractivity contribution in [2.75, 3.05) is 6.54 Å². The summed E-state index contributed by atoms with van der Waals surface area (Å²) in [4.78, 5) is 4.67. The van der Waals surface area contributed by atoms with Gasteiger partial charge in [0.05, 0.1) is 10.7 Å². The van der Waals surface area contributed by atoms with Crippen LogP contribution in [0, 0.1) is 0 Å². The van der Waals surface area contributed by atoms with E-state index >= 15 is 0 Å². The van der Waals surface area contributed by atoms with Crippen LogP contribution in [-0.4, -0.2) is 11.5 Å². The molecule has 1 aromatic heterocycles. The van der Waals surface area contributed by atoms with Crippen molar-refractivity contribution < 1.29 is 0 Å². The Morgan fingerprint density at radius 2 is 2.17 bits per heavy atom. The van der Waals surface area contributed by atoms with Crippen molar-refractivity contribution in [1.82, 2.24) is 10.3 Å². The van der Waals surface area contributed by atoms with E-state index in [1.54, 1.807) is 11.3 Å². The van der Waals surface area contributed by atoms with Gasteiger partial charge >= 0.3 is 0 Å². The molecule has 0 aliphatic heterocycles. The molecule has 2 nitrogen and oxygen atoms in total. The summed E-state index contributed by atoms with van der Waals surface area (Å²) in [7, 11) is 0. The van der Waals surface area contributed by atoms with Gasteiger partial charge in [0.2, 0.25) is 0 Å². The van der Waals surface area contributed by atoms with Crippen molar-refractivity contribution in [1.29, 1.82) is 0 Å². The molecule has 1 aromatic carbocycles. The molecule has 0 saturated heterocycles. The molecule has 2 rings (SSSR count). The molecule has 1 heterocycles. The number of hydrogen-bond donors (Lipinski definition) is 1. The molecule has 0 amide bonds. The van der Waals surface area contributed by atoms with Crippen molar-refractivity contribution >= 4 is 22.9 Å². The summed E-state index contributed by atoms with van der Waals surface area (Å²) >= 11 is 7.83. The number of thiazole rings is 1. The smallest absolute Gasteiger partial charge is 0.125 e. The summed E-state index contributed by atoms with van der Waals surface area (Å²) in [6.07, 6.45) is 1.13. The third-order valence-electron chi connectivity index (χ3n) is 2.77. The van der Waals surface area contributed by atoms with E-state index in [-0.39, 0.29) is 6.04 Å². The molecule has 96 valence electrons. The second-order valence-corrected chi connectivity index (χ2v) is 5.50. The maximum atomic E-state index is 6.18. The molecular formula is C14H17ClN2S. The minimum absolute atomic E-state index is 0.289. The quantitative estimate of drug-likeness (QED) is 0.871. The fourth-order valence-corrected chi connectivity index (χ4v) is 2.94. The van der Waals surface area contributed by atoms with Gasteiger partial charge in [-0.15, -0.1) is 11.3 Å². The summed E-state index contributed by atoms with van der Waals surface area (Å²) in [5.74, 6) is 0. The van der Waals surface area contributed by atoms with Gasteiger partial charge in [0.1, 0.15) is 5.01 Å². The molecule has 0 saturated carbocycles. The molecular weight excluding hydrogens is 264 g/mol. The van der Waals surface area contributed by atoms with Crippen molar-refractivity contribution in [3.8, 4) is 10.6 Å². The third kappa shape index (κ3) is 3.10. The Morgan fingerprint density at radius 3 is 2.89 bits per heavy atom. The van der Waals surface area contributed by atoms with Gasteiger partial charge in [-0.1, -0.05) is 36.7 Å². The van der Waals surface area contributed by atoms with Crippen LogP contribution in [0.4, 0.5) is 0 Å². The lowest BCUT2D eigenvalue weighted by Crippen LogP contribution is -2.19. The van der Waals surface area contributed by atoms with E-state index in [2.05, 4.69) is 29.5 Å². The SMILES string of the molecule is CCCNC(C)c1csc(-c2ccccc2Cl)n1. The molecule has 0 fully saturated rings. The van der Waals surface area contributed by atoms with Gasteiger partial charge in [0, 0.05) is 17.0 Å². The Labute approximate surface area is 117 Å². The van der Waals surface area contributed by atoms with Gasteiger partial charge in [0.15, 0.2) is 0 Å². The summed E-state index contributed by atoms with van der Waals surface area (Å²) in [6.45, 7) is 5.32. The Bertz CT molecular complexity index is 510. The first-order valence-corrected chi connectivity index (χ1v) is 7.42. The summed E-state index contributed by atoms with van der Waals surface area (Å²) in [5, 5.41) is 7.29. The van der Waals surface area contributed by atoms with E-state index in [0.717, 1.165) is 34.3 Å². The van der Waals surface area contributed by atoms with E-state index in [1.165, 1.54) is 0 Å². The average molecular weight is 281 g/mol. The molecule has 0 aliphatic carbocycles. The lowest BCUT2D eigenvalue weighted by Gasteiger charge is -2.09.